The predicted octanol–water partition coefficient (Wildman–Crippen LogP) is 2.09. The molecule has 1 aromatic heterocycles. The minimum Gasteiger partial charge on any atom is -0.462 e. The Morgan fingerprint density at radius 3 is 2.80 bits per heavy atom. The molecule has 2 rings (SSSR count). The lowest BCUT2D eigenvalue weighted by atomic mass is 10.1. The molecule has 0 fully saturated rings. The van der Waals surface area contributed by atoms with Crippen molar-refractivity contribution < 1.29 is 14.3 Å². The number of thiophene rings is 1. The van der Waals surface area contributed by atoms with Crippen LogP contribution >= 0.6 is 11.3 Å². The van der Waals surface area contributed by atoms with Crippen LogP contribution in [0.25, 0.3) is 0 Å². The second-order valence-corrected chi connectivity index (χ2v) is 5.89. The highest BCUT2D eigenvalue weighted by Crippen LogP contribution is 2.39. The first-order chi connectivity index (χ1) is 9.58. The van der Waals surface area contributed by atoms with Gasteiger partial charge in [0, 0.05) is 4.88 Å². The Balaban J connectivity index is 2.29. The Morgan fingerprint density at radius 2 is 2.15 bits per heavy atom. The lowest BCUT2D eigenvalue weighted by molar-refractivity contribution is -0.117. The number of ether oxygens (including phenoxy) is 1. The third-order valence-corrected chi connectivity index (χ3v) is 4.62. The van der Waals surface area contributed by atoms with Crippen molar-refractivity contribution in [3.8, 4) is 0 Å². The molecule has 0 aromatic carbocycles. The Kier molecular flexibility index (Phi) is 4.77. The van der Waals surface area contributed by atoms with Gasteiger partial charge in [-0.05, 0) is 38.2 Å². The van der Waals surface area contributed by atoms with Crippen LogP contribution < -0.4 is 11.1 Å². The third-order valence-electron chi connectivity index (χ3n) is 3.41. The molecule has 1 aliphatic rings. The van der Waals surface area contributed by atoms with E-state index in [1.807, 2.05) is 6.92 Å². The minimum absolute atomic E-state index is 0.252. The van der Waals surface area contributed by atoms with Crippen LogP contribution in [0.5, 0.6) is 0 Å². The van der Waals surface area contributed by atoms with Crippen molar-refractivity contribution in [1.82, 2.24) is 0 Å². The van der Waals surface area contributed by atoms with Crippen molar-refractivity contribution in [3.63, 3.8) is 0 Å². The first-order valence-corrected chi connectivity index (χ1v) is 7.78. The molecule has 0 spiro atoms. The Hall–Kier alpha value is -1.40. The van der Waals surface area contributed by atoms with Crippen LogP contribution in [0.1, 0.15) is 47.5 Å². The minimum atomic E-state index is -0.554. The van der Waals surface area contributed by atoms with Crippen LogP contribution in [0, 0.1) is 0 Å². The van der Waals surface area contributed by atoms with Crippen molar-refractivity contribution in [2.24, 2.45) is 5.73 Å². The van der Waals surface area contributed by atoms with Gasteiger partial charge in [0.25, 0.3) is 0 Å². The van der Waals surface area contributed by atoms with Gasteiger partial charge in [0.1, 0.15) is 5.00 Å². The van der Waals surface area contributed by atoms with Gasteiger partial charge < -0.3 is 15.8 Å². The van der Waals surface area contributed by atoms with Gasteiger partial charge in [-0.1, -0.05) is 6.92 Å². The summed E-state index contributed by atoms with van der Waals surface area (Å²) in [5.74, 6) is -0.606. The van der Waals surface area contributed by atoms with E-state index in [9.17, 15) is 9.59 Å². The number of hydrogen-bond donors (Lipinski definition) is 2. The third kappa shape index (κ3) is 2.86. The van der Waals surface area contributed by atoms with Crippen molar-refractivity contribution in [1.29, 1.82) is 0 Å². The molecule has 1 heterocycles. The first-order valence-electron chi connectivity index (χ1n) is 6.96. The van der Waals surface area contributed by atoms with Gasteiger partial charge in [-0.25, -0.2) is 4.79 Å². The van der Waals surface area contributed by atoms with Gasteiger partial charge in [-0.2, -0.15) is 0 Å². The van der Waals surface area contributed by atoms with Crippen LogP contribution in [0.2, 0.25) is 0 Å². The van der Waals surface area contributed by atoms with E-state index < -0.39 is 6.04 Å². The smallest absolute Gasteiger partial charge is 0.341 e. The molecule has 6 heteroatoms. The zero-order chi connectivity index (χ0) is 14.7. The van der Waals surface area contributed by atoms with Crippen molar-refractivity contribution in [3.05, 3.63) is 16.0 Å². The van der Waals surface area contributed by atoms with Crippen LogP contribution in [0.15, 0.2) is 0 Å². The lowest BCUT2D eigenvalue weighted by Crippen LogP contribution is -2.35. The molecule has 0 radical (unpaired) electrons. The van der Waals surface area contributed by atoms with E-state index in [2.05, 4.69) is 5.32 Å². The topological polar surface area (TPSA) is 81.4 Å². The Bertz CT molecular complexity index is 525. The highest BCUT2D eigenvalue weighted by Gasteiger charge is 2.28. The monoisotopic (exact) mass is 296 g/mol. The molecule has 1 aromatic rings. The normalized spacial score (nSPS) is 14.8. The largest absolute Gasteiger partial charge is 0.462 e. The van der Waals surface area contributed by atoms with Crippen molar-refractivity contribution in [2.75, 3.05) is 11.9 Å². The van der Waals surface area contributed by atoms with E-state index in [1.54, 1.807) is 6.92 Å². The van der Waals surface area contributed by atoms with Crippen LogP contribution in [0.4, 0.5) is 5.00 Å². The van der Waals surface area contributed by atoms with Crippen LogP contribution in [-0.4, -0.2) is 24.5 Å². The molecular formula is C14H20N2O3S. The van der Waals surface area contributed by atoms with Crippen LogP contribution in [0.3, 0.4) is 0 Å². The number of fused-ring (bicyclic) bond motifs is 1. The molecule has 0 unspecified atom stereocenters. The number of nitrogens with one attached hydrogen (secondary N) is 1. The van der Waals surface area contributed by atoms with Gasteiger partial charge in [0.2, 0.25) is 5.91 Å². The molecule has 1 aliphatic carbocycles. The number of aryl methyl sites for hydroxylation is 1. The Labute approximate surface area is 122 Å². The van der Waals surface area contributed by atoms with Crippen molar-refractivity contribution in [2.45, 2.75) is 45.6 Å². The van der Waals surface area contributed by atoms with Crippen molar-refractivity contribution >= 4 is 28.2 Å². The molecule has 0 aliphatic heterocycles. The predicted molar refractivity (Wildman–Crippen MR) is 79.2 cm³/mol. The molecule has 3 N–H and O–H groups in total. The maximum atomic E-state index is 12.1. The van der Waals surface area contributed by atoms with E-state index in [0.717, 1.165) is 24.8 Å². The number of carbonyl (C=O) groups is 2. The number of anilines is 1. The van der Waals surface area contributed by atoms with E-state index in [4.69, 9.17) is 10.5 Å². The summed E-state index contributed by atoms with van der Waals surface area (Å²) in [6.45, 7) is 3.95. The molecule has 5 nitrogen and oxygen atoms in total. The quantitative estimate of drug-likeness (QED) is 0.815. The zero-order valence-electron chi connectivity index (χ0n) is 11.8. The molecule has 1 atom stereocenters. The summed E-state index contributed by atoms with van der Waals surface area (Å²) < 4.78 is 5.11. The van der Waals surface area contributed by atoms with Gasteiger partial charge in [-0.15, -0.1) is 11.3 Å². The molecule has 1 amide bonds. The SMILES string of the molecule is CCOC(=O)c1c(NC(=O)[C@H](N)CC)sc2c1CCC2. The van der Waals surface area contributed by atoms with Gasteiger partial charge in [-0.3, -0.25) is 4.79 Å². The number of carbonyl (C=O) groups excluding carboxylic acids is 2. The van der Waals surface area contributed by atoms with Gasteiger partial charge in [0.05, 0.1) is 18.2 Å². The average Bonchev–Trinajstić information content (AvgIpc) is 2.97. The van der Waals surface area contributed by atoms with Gasteiger partial charge in [0.15, 0.2) is 0 Å². The average molecular weight is 296 g/mol. The van der Waals surface area contributed by atoms with Crippen LogP contribution in [-0.2, 0) is 22.4 Å². The standard InChI is InChI=1S/C14H20N2O3S/c1-3-9(15)12(17)16-13-11(14(18)19-4-2)8-6-5-7-10(8)20-13/h9H,3-7,15H2,1-2H3,(H,16,17)/t9-/m1/s1. The summed E-state index contributed by atoms with van der Waals surface area (Å²) in [5.41, 5.74) is 7.28. The molecular weight excluding hydrogens is 276 g/mol. The van der Waals surface area contributed by atoms with Gasteiger partial charge >= 0.3 is 5.97 Å². The number of nitrogens with two attached hydrogens (primary N) is 1. The van der Waals surface area contributed by atoms with E-state index >= 15 is 0 Å². The fraction of sp³-hybridized carbons (Fsp3) is 0.571. The maximum Gasteiger partial charge on any atom is 0.341 e. The fourth-order valence-corrected chi connectivity index (χ4v) is 3.58. The summed E-state index contributed by atoms with van der Waals surface area (Å²) in [6, 6.07) is -0.554. The second kappa shape index (κ2) is 6.37. The first kappa shape index (κ1) is 15.0. The summed E-state index contributed by atoms with van der Waals surface area (Å²) in [5, 5.41) is 3.37. The fourth-order valence-electron chi connectivity index (χ4n) is 2.30. The summed E-state index contributed by atoms with van der Waals surface area (Å²) in [6.07, 6.45) is 3.44. The summed E-state index contributed by atoms with van der Waals surface area (Å²) in [7, 11) is 0. The number of hydrogen-bond acceptors (Lipinski definition) is 5. The van der Waals surface area contributed by atoms with E-state index in [-0.39, 0.29) is 11.9 Å². The molecule has 20 heavy (non-hydrogen) atoms. The summed E-state index contributed by atoms with van der Waals surface area (Å²) >= 11 is 1.47. The molecule has 0 saturated carbocycles. The molecule has 0 saturated heterocycles. The second-order valence-electron chi connectivity index (χ2n) is 4.79. The molecule has 110 valence electrons. The highest BCUT2D eigenvalue weighted by molar-refractivity contribution is 7.17. The number of amides is 1. The molecule has 0 bridgehead atoms. The number of rotatable bonds is 5. The van der Waals surface area contributed by atoms with E-state index in [0.29, 0.717) is 23.6 Å². The Morgan fingerprint density at radius 1 is 1.40 bits per heavy atom. The lowest BCUT2D eigenvalue weighted by Gasteiger charge is -2.11. The summed E-state index contributed by atoms with van der Waals surface area (Å²) in [4.78, 5) is 25.2. The number of esters is 1. The zero-order valence-corrected chi connectivity index (χ0v) is 12.6. The van der Waals surface area contributed by atoms with E-state index in [1.165, 1.54) is 16.2 Å². The maximum absolute atomic E-state index is 12.1. The highest BCUT2D eigenvalue weighted by atomic mass is 32.1.